The molecule has 0 fully saturated rings. The molecule has 2 rings (SSSR count). The quantitative estimate of drug-likeness (QED) is 0.600. The monoisotopic (exact) mass is 158 g/mol. The van der Waals surface area contributed by atoms with Crippen LogP contribution in [0.4, 0.5) is 0 Å². The fraction of sp³-hybridized carbons (Fsp3) is 0.111. The van der Waals surface area contributed by atoms with E-state index in [1.54, 1.807) is 0 Å². The van der Waals surface area contributed by atoms with Gasteiger partial charge in [-0.15, -0.1) is 5.10 Å². The molecule has 1 aromatic rings. The lowest BCUT2D eigenvalue weighted by molar-refractivity contribution is 0.973. The molecule has 3 heteroatoms. The van der Waals surface area contributed by atoms with Crippen LogP contribution in [0, 0.1) is 6.92 Å². The lowest BCUT2D eigenvalue weighted by Crippen LogP contribution is -2.12. The molecule has 1 unspecified atom stereocenters. The Bertz CT molecular complexity index is 327. The van der Waals surface area contributed by atoms with Crippen molar-refractivity contribution in [2.75, 3.05) is 0 Å². The van der Waals surface area contributed by atoms with Gasteiger partial charge < -0.3 is 0 Å². The first kappa shape index (κ1) is 7.16. The minimum Gasteiger partial charge on any atom is -0.159 e. The van der Waals surface area contributed by atoms with Crippen molar-refractivity contribution in [3.63, 3.8) is 0 Å². The highest BCUT2D eigenvalue weighted by Crippen LogP contribution is 2.12. The van der Waals surface area contributed by atoms with Crippen molar-refractivity contribution < 1.29 is 0 Å². The van der Waals surface area contributed by atoms with Gasteiger partial charge in [0, 0.05) is 5.56 Å². The van der Waals surface area contributed by atoms with Crippen molar-refractivity contribution in [3.8, 4) is 0 Å². The normalized spacial score (nSPS) is 21.1. The molecule has 0 amide bonds. The number of benzene rings is 1. The van der Waals surface area contributed by atoms with E-state index >= 15 is 0 Å². The van der Waals surface area contributed by atoms with E-state index in [0.29, 0.717) is 0 Å². The summed E-state index contributed by atoms with van der Waals surface area (Å²) in [5, 5.41) is 11.3. The molecule has 1 aliphatic heterocycles. The van der Waals surface area contributed by atoms with Crippen LogP contribution < -0.4 is 0 Å². The molecule has 59 valence electrons. The number of nitrogens with zero attached hydrogens (tertiary/aromatic N) is 3. The fourth-order valence-electron chi connectivity index (χ4n) is 1.12. The summed E-state index contributed by atoms with van der Waals surface area (Å²) in [6, 6.07) is 9.70. The molecule has 12 heavy (non-hydrogen) atoms. The maximum absolute atomic E-state index is 3.90. The van der Waals surface area contributed by atoms with E-state index in [9.17, 15) is 0 Å². The zero-order valence-electron chi connectivity index (χ0n) is 6.51. The molecule has 0 aromatic heterocycles. The first-order chi connectivity index (χ1) is 5.88. The second-order valence-corrected chi connectivity index (χ2v) is 2.57. The zero-order chi connectivity index (χ0) is 8.39. The van der Waals surface area contributed by atoms with Gasteiger partial charge in [-0.2, -0.15) is 5.11 Å². The Hall–Kier alpha value is -1.51. The molecule has 1 aliphatic rings. The summed E-state index contributed by atoms with van der Waals surface area (Å²) in [5.41, 5.74) is 1.89. The van der Waals surface area contributed by atoms with E-state index < -0.39 is 0 Å². The van der Waals surface area contributed by atoms with Crippen LogP contribution in [0.15, 0.2) is 45.8 Å². The van der Waals surface area contributed by atoms with Gasteiger partial charge in [0.05, 0.1) is 5.71 Å². The minimum atomic E-state index is -0.146. The van der Waals surface area contributed by atoms with E-state index in [1.165, 1.54) is 0 Å². The Morgan fingerprint density at radius 3 is 2.50 bits per heavy atom. The average molecular weight is 158 g/mol. The smallest absolute Gasteiger partial charge is 0.118 e. The molecule has 1 heterocycles. The van der Waals surface area contributed by atoms with Crippen LogP contribution in [0.2, 0.25) is 0 Å². The molecular weight excluding hydrogens is 150 g/mol. The van der Waals surface area contributed by atoms with E-state index in [1.807, 2.05) is 30.3 Å². The maximum atomic E-state index is 3.90. The highest BCUT2D eigenvalue weighted by molar-refractivity contribution is 6.05. The van der Waals surface area contributed by atoms with Gasteiger partial charge in [0.2, 0.25) is 0 Å². The molecule has 1 radical (unpaired) electrons. The lowest BCUT2D eigenvalue weighted by Gasteiger charge is -2.01. The molecule has 1 aromatic carbocycles. The van der Waals surface area contributed by atoms with Gasteiger partial charge in [-0.05, 0) is 12.1 Å². The molecule has 0 N–H and O–H groups in total. The minimum absolute atomic E-state index is 0.146. The number of hydrogen-bond acceptors (Lipinski definition) is 3. The SMILES string of the molecule is [CH2]C1N=NN=C1c1ccccc1. The van der Waals surface area contributed by atoms with Crippen molar-refractivity contribution in [1.82, 2.24) is 0 Å². The Balaban J connectivity index is 2.34. The Kier molecular flexibility index (Phi) is 1.70. The number of hydrogen-bond donors (Lipinski definition) is 0. The topological polar surface area (TPSA) is 37.1 Å². The van der Waals surface area contributed by atoms with Gasteiger partial charge in [-0.3, -0.25) is 0 Å². The predicted octanol–water partition coefficient (Wildman–Crippen LogP) is 2.06. The summed E-state index contributed by atoms with van der Waals surface area (Å²) < 4.78 is 0. The second kappa shape index (κ2) is 2.85. The van der Waals surface area contributed by atoms with Crippen molar-refractivity contribution >= 4 is 5.71 Å². The van der Waals surface area contributed by atoms with Crippen LogP contribution in [0.5, 0.6) is 0 Å². The van der Waals surface area contributed by atoms with Crippen molar-refractivity contribution in [1.29, 1.82) is 0 Å². The highest BCUT2D eigenvalue weighted by atomic mass is 15.4. The van der Waals surface area contributed by atoms with Gasteiger partial charge in [0.25, 0.3) is 0 Å². The van der Waals surface area contributed by atoms with Crippen molar-refractivity contribution in [3.05, 3.63) is 42.8 Å². The molecule has 0 saturated heterocycles. The molecule has 1 atom stereocenters. The van der Waals surface area contributed by atoms with Crippen LogP contribution in [0.25, 0.3) is 0 Å². The Morgan fingerprint density at radius 1 is 1.17 bits per heavy atom. The van der Waals surface area contributed by atoms with E-state index in [4.69, 9.17) is 0 Å². The third kappa shape index (κ3) is 1.13. The lowest BCUT2D eigenvalue weighted by atomic mass is 10.1. The summed E-state index contributed by atoms with van der Waals surface area (Å²) in [5.74, 6) is 0. The van der Waals surface area contributed by atoms with Crippen LogP contribution in [0.3, 0.4) is 0 Å². The van der Waals surface area contributed by atoms with E-state index in [0.717, 1.165) is 11.3 Å². The first-order valence-corrected chi connectivity index (χ1v) is 3.74. The Morgan fingerprint density at radius 2 is 1.92 bits per heavy atom. The van der Waals surface area contributed by atoms with Crippen molar-refractivity contribution in [2.45, 2.75) is 6.04 Å². The van der Waals surface area contributed by atoms with Crippen LogP contribution in [-0.2, 0) is 0 Å². The molecular formula is C9H8N3. The third-order valence-corrected chi connectivity index (χ3v) is 1.73. The van der Waals surface area contributed by atoms with E-state index in [2.05, 4.69) is 22.4 Å². The standard InChI is InChI=1S/C9H8N3/c1-7-9(11-12-10-7)8-5-3-2-4-6-8/h2-7H,1H2. The van der Waals surface area contributed by atoms with Gasteiger partial charge >= 0.3 is 0 Å². The van der Waals surface area contributed by atoms with Gasteiger partial charge in [0.15, 0.2) is 0 Å². The van der Waals surface area contributed by atoms with Crippen LogP contribution >= 0.6 is 0 Å². The fourth-order valence-corrected chi connectivity index (χ4v) is 1.12. The summed E-state index contributed by atoms with van der Waals surface area (Å²) in [4.78, 5) is 0. The average Bonchev–Trinajstić information content (AvgIpc) is 2.53. The molecule has 0 spiro atoms. The molecule has 0 aliphatic carbocycles. The summed E-state index contributed by atoms with van der Waals surface area (Å²) >= 11 is 0. The first-order valence-electron chi connectivity index (χ1n) is 3.74. The summed E-state index contributed by atoms with van der Waals surface area (Å²) in [6.45, 7) is 3.80. The molecule has 0 bridgehead atoms. The van der Waals surface area contributed by atoms with Crippen molar-refractivity contribution in [2.24, 2.45) is 15.4 Å². The van der Waals surface area contributed by atoms with Crippen LogP contribution in [-0.4, -0.2) is 11.8 Å². The third-order valence-electron chi connectivity index (χ3n) is 1.73. The maximum Gasteiger partial charge on any atom is 0.118 e. The second-order valence-electron chi connectivity index (χ2n) is 2.57. The Labute approximate surface area is 70.8 Å². The zero-order valence-corrected chi connectivity index (χ0v) is 6.51. The predicted molar refractivity (Wildman–Crippen MR) is 47.0 cm³/mol. The largest absolute Gasteiger partial charge is 0.159 e. The highest BCUT2D eigenvalue weighted by Gasteiger charge is 2.15. The number of rotatable bonds is 1. The van der Waals surface area contributed by atoms with Crippen LogP contribution in [0.1, 0.15) is 5.56 Å². The molecule has 3 nitrogen and oxygen atoms in total. The molecule has 0 saturated carbocycles. The summed E-state index contributed by atoms with van der Waals surface area (Å²) in [7, 11) is 0. The summed E-state index contributed by atoms with van der Waals surface area (Å²) in [6.07, 6.45) is 0. The van der Waals surface area contributed by atoms with Gasteiger partial charge in [-0.1, -0.05) is 30.3 Å². The van der Waals surface area contributed by atoms with Gasteiger partial charge in [-0.25, -0.2) is 0 Å². The van der Waals surface area contributed by atoms with E-state index in [-0.39, 0.29) is 6.04 Å². The van der Waals surface area contributed by atoms with Gasteiger partial charge in [0.1, 0.15) is 6.04 Å².